The highest BCUT2D eigenvalue weighted by Crippen LogP contribution is 2.20. The molecule has 0 unspecified atom stereocenters. The van der Waals surface area contributed by atoms with Gasteiger partial charge in [0.25, 0.3) is 0 Å². The highest BCUT2D eigenvalue weighted by Gasteiger charge is 2.07. The molecule has 0 atom stereocenters. The van der Waals surface area contributed by atoms with Crippen molar-refractivity contribution in [1.82, 2.24) is 0 Å². The molecule has 2 N–H and O–H groups in total. The van der Waals surface area contributed by atoms with Gasteiger partial charge in [-0.1, -0.05) is 11.6 Å². The van der Waals surface area contributed by atoms with Crippen molar-refractivity contribution in [3.05, 3.63) is 58.9 Å². The van der Waals surface area contributed by atoms with Crippen molar-refractivity contribution < 1.29 is 13.2 Å². The number of benzene rings is 2. The molecule has 2 aromatic rings. The van der Waals surface area contributed by atoms with E-state index >= 15 is 0 Å². The van der Waals surface area contributed by atoms with Gasteiger partial charge in [0.1, 0.15) is 17.5 Å². The van der Waals surface area contributed by atoms with Crippen molar-refractivity contribution in [2.45, 2.75) is 0 Å². The maximum absolute atomic E-state index is 13.5. The van der Waals surface area contributed by atoms with Crippen LogP contribution in [0.15, 0.2) is 36.4 Å². The molecule has 7 heteroatoms. The van der Waals surface area contributed by atoms with Crippen LogP contribution in [0.1, 0.15) is 0 Å². The molecule has 20 heavy (non-hydrogen) atoms. The smallest absolute Gasteiger partial charge is 0.175 e. The molecule has 104 valence electrons. The summed E-state index contributed by atoms with van der Waals surface area (Å²) in [4.78, 5) is 0. The summed E-state index contributed by atoms with van der Waals surface area (Å²) in [5, 5.41) is 5.41. The van der Waals surface area contributed by atoms with Crippen molar-refractivity contribution >= 4 is 40.3 Å². The molecular formula is C13H8ClF3N2S. The lowest BCUT2D eigenvalue weighted by atomic mass is 10.3. The van der Waals surface area contributed by atoms with Gasteiger partial charge in [-0.15, -0.1) is 0 Å². The second kappa shape index (κ2) is 6.11. The first-order valence-corrected chi connectivity index (χ1v) is 6.22. The Morgan fingerprint density at radius 1 is 0.950 bits per heavy atom. The van der Waals surface area contributed by atoms with E-state index in [1.54, 1.807) is 0 Å². The van der Waals surface area contributed by atoms with Crippen LogP contribution in [0.25, 0.3) is 0 Å². The molecular weight excluding hydrogens is 309 g/mol. The van der Waals surface area contributed by atoms with E-state index in [-0.39, 0.29) is 16.5 Å². The second-order valence-corrected chi connectivity index (χ2v) is 4.71. The Hall–Kier alpha value is -1.79. The molecule has 0 aromatic heterocycles. The third-order valence-corrected chi connectivity index (χ3v) is 2.74. The molecule has 0 radical (unpaired) electrons. The van der Waals surface area contributed by atoms with Crippen molar-refractivity contribution in [1.29, 1.82) is 0 Å². The fourth-order valence-electron chi connectivity index (χ4n) is 1.50. The van der Waals surface area contributed by atoms with Crippen LogP contribution in [-0.2, 0) is 0 Å². The van der Waals surface area contributed by atoms with E-state index in [0.717, 1.165) is 18.2 Å². The largest absolute Gasteiger partial charge is 0.332 e. The summed E-state index contributed by atoms with van der Waals surface area (Å²) < 4.78 is 39.5. The number of hydrogen-bond acceptors (Lipinski definition) is 1. The summed E-state index contributed by atoms with van der Waals surface area (Å²) in [6.45, 7) is 0. The molecule has 0 aliphatic carbocycles. The Kier molecular flexibility index (Phi) is 4.46. The summed E-state index contributed by atoms with van der Waals surface area (Å²) in [5.41, 5.74) is 0.175. The van der Waals surface area contributed by atoms with E-state index in [4.69, 9.17) is 23.8 Å². The minimum atomic E-state index is -0.746. The van der Waals surface area contributed by atoms with Gasteiger partial charge in [0.15, 0.2) is 5.11 Å². The van der Waals surface area contributed by atoms with Gasteiger partial charge in [-0.3, -0.25) is 0 Å². The molecule has 0 fully saturated rings. The molecule has 0 heterocycles. The minimum Gasteiger partial charge on any atom is -0.332 e. The molecule has 0 aliphatic heterocycles. The summed E-state index contributed by atoms with van der Waals surface area (Å²) in [7, 11) is 0. The summed E-state index contributed by atoms with van der Waals surface area (Å²) in [5.74, 6) is -2.04. The average Bonchev–Trinajstić information content (AvgIpc) is 2.32. The van der Waals surface area contributed by atoms with Gasteiger partial charge < -0.3 is 10.6 Å². The lowest BCUT2D eigenvalue weighted by molar-refractivity contribution is 0.584. The summed E-state index contributed by atoms with van der Waals surface area (Å²) in [6.07, 6.45) is 0. The molecule has 2 aromatic carbocycles. The molecule has 0 saturated carbocycles. The Labute approximate surface area is 123 Å². The van der Waals surface area contributed by atoms with Crippen molar-refractivity contribution in [2.24, 2.45) is 0 Å². The molecule has 0 spiro atoms. The average molecular weight is 317 g/mol. The van der Waals surface area contributed by atoms with Gasteiger partial charge in [-0.2, -0.15) is 0 Å². The van der Waals surface area contributed by atoms with E-state index in [0.29, 0.717) is 5.02 Å². The highest BCUT2D eigenvalue weighted by atomic mass is 35.5. The molecule has 0 aliphatic rings. The normalized spacial score (nSPS) is 10.2. The molecule has 0 saturated heterocycles. The lowest BCUT2D eigenvalue weighted by Gasteiger charge is -2.11. The lowest BCUT2D eigenvalue weighted by Crippen LogP contribution is -2.20. The zero-order valence-corrected chi connectivity index (χ0v) is 11.5. The predicted molar refractivity (Wildman–Crippen MR) is 77.6 cm³/mol. The van der Waals surface area contributed by atoms with Gasteiger partial charge in [0.05, 0.1) is 5.69 Å². The standard InChI is InChI=1S/C13H8ClF3N2S/c14-7-1-2-11(17)12(3-7)19-13(20)18-10-5-8(15)4-9(16)6-10/h1-6H,(H2,18,19,20). The predicted octanol–water partition coefficient (Wildman–Crippen LogP) is 4.57. The number of hydrogen-bond donors (Lipinski definition) is 2. The molecule has 0 bridgehead atoms. The summed E-state index contributed by atoms with van der Waals surface area (Å²) >= 11 is 10.7. The fourth-order valence-corrected chi connectivity index (χ4v) is 1.90. The molecule has 2 nitrogen and oxygen atoms in total. The van der Waals surface area contributed by atoms with Crippen LogP contribution in [0.4, 0.5) is 24.5 Å². The van der Waals surface area contributed by atoms with E-state index in [1.165, 1.54) is 18.2 Å². The second-order valence-electron chi connectivity index (χ2n) is 3.86. The number of anilines is 2. The first-order chi connectivity index (χ1) is 9.44. The molecule has 2 rings (SSSR count). The first-order valence-electron chi connectivity index (χ1n) is 5.43. The fraction of sp³-hybridized carbons (Fsp3) is 0. The zero-order valence-electron chi connectivity index (χ0n) is 9.88. The van der Waals surface area contributed by atoms with Crippen molar-refractivity contribution in [3.8, 4) is 0 Å². The Bertz CT molecular complexity index is 644. The Balaban J connectivity index is 2.11. The number of nitrogens with one attached hydrogen (secondary N) is 2. The van der Waals surface area contributed by atoms with Crippen LogP contribution in [0.3, 0.4) is 0 Å². The zero-order chi connectivity index (χ0) is 14.7. The topological polar surface area (TPSA) is 24.1 Å². The van der Waals surface area contributed by atoms with Gasteiger partial charge in [0, 0.05) is 16.8 Å². The van der Waals surface area contributed by atoms with Gasteiger partial charge in [-0.25, -0.2) is 13.2 Å². The Morgan fingerprint density at radius 2 is 1.60 bits per heavy atom. The quantitative estimate of drug-likeness (QED) is 0.794. The molecule has 0 amide bonds. The minimum absolute atomic E-state index is 0.0174. The van der Waals surface area contributed by atoms with Gasteiger partial charge in [-0.05, 0) is 42.5 Å². The van der Waals surface area contributed by atoms with Crippen LogP contribution < -0.4 is 10.6 Å². The number of halogens is 4. The van der Waals surface area contributed by atoms with Crippen molar-refractivity contribution in [2.75, 3.05) is 10.6 Å². The highest BCUT2D eigenvalue weighted by molar-refractivity contribution is 7.80. The Morgan fingerprint density at radius 3 is 2.25 bits per heavy atom. The monoisotopic (exact) mass is 316 g/mol. The number of thiocarbonyl (C=S) groups is 1. The van der Waals surface area contributed by atoms with Crippen molar-refractivity contribution in [3.63, 3.8) is 0 Å². The van der Waals surface area contributed by atoms with Gasteiger partial charge in [0.2, 0.25) is 0 Å². The van der Waals surface area contributed by atoms with Crippen LogP contribution in [0, 0.1) is 17.5 Å². The number of rotatable bonds is 2. The maximum Gasteiger partial charge on any atom is 0.175 e. The third kappa shape index (κ3) is 3.85. The maximum atomic E-state index is 13.5. The van der Waals surface area contributed by atoms with Crippen LogP contribution in [0.2, 0.25) is 5.02 Å². The van der Waals surface area contributed by atoms with E-state index in [2.05, 4.69) is 10.6 Å². The van der Waals surface area contributed by atoms with Crippen LogP contribution in [0.5, 0.6) is 0 Å². The SMILES string of the molecule is Fc1cc(F)cc(NC(=S)Nc2cc(Cl)ccc2F)c1. The van der Waals surface area contributed by atoms with E-state index in [9.17, 15) is 13.2 Å². The first kappa shape index (κ1) is 14.6. The van der Waals surface area contributed by atoms with E-state index in [1.807, 2.05) is 0 Å². The van der Waals surface area contributed by atoms with Crippen LogP contribution in [-0.4, -0.2) is 5.11 Å². The van der Waals surface area contributed by atoms with E-state index < -0.39 is 17.5 Å². The third-order valence-electron chi connectivity index (χ3n) is 2.30. The van der Waals surface area contributed by atoms with Crippen LogP contribution >= 0.6 is 23.8 Å². The summed E-state index contributed by atoms with van der Waals surface area (Å²) in [6, 6.07) is 6.77. The van der Waals surface area contributed by atoms with Gasteiger partial charge >= 0.3 is 0 Å².